The molecule has 1 aliphatic rings. The lowest BCUT2D eigenvalue weighted by Gasteiger charge is -2.09. The van der Waals surface area contributed by atoms with E-state index in [0.717, 1.165) is 18.8 Å². The molecule has 2 rings (SSSR count). The first-order valence-corrected chi connectivity index (χ1v) is 6.34. The average Bonchev–Trinajstić information content (AvgIpc) is 2.66. The predicted octanol–water partition coefficient (Wildman–Crippen LogP) is 4.19. The second-order valence-electron chi connectivity index (χ2n) is 6.31. The van der Waals surface area contributed by atoms with Crippen LogP contribution in [-0.4, -0.2) is 11.5 Å². The van der Waals surface area contributed by atoms with E-state index in [1.54, 1.807) is 0 Å². The van der Waals surface area contributed by atoms with Crippen molar-refractivity contribution in [2.24, 2.45) is 16.7 Å². The maximum absolute atomic E-state index is 12.4. The van der Waals surface area contributed by atoms with Crippen molar-refractivity contribution in [2.45, 2.75) is 33.9 Å². The van der Waals surface area contributed by atoms with Gasteiger partial charge in [0.25, 0.3) is 0 Å². The molecule has 0 aliphatic heterocycles. The molecule has 106 valence electrons. The zero-order valence-electron chi connectivity index (χ0n) is 11.6. The number of pyridine rings is 1. The van der Waals surface area contributed by atoms with Gasteiger partial charge in [0.05, 0.1) is 5.56 Å². The fraction of sp³-hybridized carbons (Fsp3) is 0.643. The van der Waals surface area contributed by atoms with Gasteiger partial charge in [-0.15, -0.1) is 0 Å². The van der Waals surface area contributed by atoms with E-state index < -0.39 is 11.7 Å². The minimum absolute atomic E-state index is 0.256. The van der Waals surface area contributed by atoms with Crippen LogP contribution in [0.5, 0.6) is 0 Å². The Bertz CT molecular complexity index is 447. The molecule has 19 heavy (non-hydrogen) atoms. The van der Waals surface area contributed by atoms with Gasteiger partial charge in [0.1, 0.15) is 5.82 Å². The van der Waals surface area contributed by atoms with E-state index in [9.17, 15) is 13.2 Å². The Kier molecular flexibility index (Phi) is 3.07. The van der Waals surface area contributed by atoms with Crippen molar-refractivity contribution in [3.05, 3.63) is 23.9 Å². The fourth-order valence-electron chi connectivity index (χ4n) is 2.72. The van der Waals surface area contributed by atoms with E-state index in [0.29, 0.717) is 11.7 Å². The maximum Gasteiger partial charge on any atom is 0.417 e. The van der Waals surface area contributed by atoms with Crippen molar-refractivity contribution in [1.82, 2.24) is 4.98 Å². The lowest BCUT2D eigenvalue weighted by atomic mass is 10.0. The summed E-state index contributed by atoms with van der Waals surface area (Å²) in [4.78, 5) is 3.81. The third-order valence-electron chi connectivity index (χ3n) is 4.90. The third kappa shape index (κ3) is 2.42. The SMILES string of the molecule is CC1(C)C(CNc2ccc(C(F)(F)F)cn2)C1(C)C. The minimum Gasteiger partial charge on any atom is -0.370 e. The molecule has 0 radical (unpaired) electrons. The second-order valence-corrected chi connectivity index (χ2v) is 6.31. The smallest absolute Gasteiger partial charge is 0.370 e. The molecule has 0 bridgehead atoms. The summed E-state index contributed by atoms with van der Waals surface area (Å²) >= 11 is 0. The molecule has 0 atom stereocenters. The molecule has 0 saturated heterocycles. The summed E-state index contributed by atoms with van der Waals surface area (Å²) in [7, 11) is 0. The van der Waals surface area contributed by atoms with Gasteiger partial charge in [0.15, 0.2) is 0 Å². The Morgan fingerprint density at radius 2 is 1.74 bits per heavy atom. The summed E-state index contributed by atoms with van der Waals surface area (Å²) < 4.78 is 37.2. The quantitative estimate of drug-likeness (QED) is 0.892. The molecular weight excluding hydrogens is 253 g/mol. The Labute approximate surface area is 111 Å². The van der Waals surface area contributed by atoms with Crippen molar-refractivity contribution in [1.29, 1.82) is 0 Å². The number of hydrogen-bond acceptors (Lipinski definition) is 2. The van der Waals surface area contributed by atoms with Gasteiger partial charge in [-0.05, 0) is 28.9 Å². The van der Waals surface area contributed by atoms with Crippen molar-refractivity contribution in [3.63, 3.8) is 0 Å². The summed E-state index contributed by atoms with van der Waals surface area (Å²) in [6.07, 6.45) is -3.46. The molecular formula is C14H19F3N2. The molecule has 1 aromatic rings. The van der Waals surface area contributed by atoms with Gasteiger partial charge >= 0.3 is 6.18 Å². The number of aromatic nitrogens is 1. The number of alkyl halides is 3. The average molecular weight is 272 g/mol. The second kappa shape index (κ2) is 4.12. The van der Waals surface area contributed by atoms with Gasteiger partial charge < -0.3 is 5.32 Å². The van der Waals surface area contributed by atoms with Crippen LogP contribution in [0, 0.1) is 16.7 Å². The molecule has 5 heteroatoms. The first-order chi connectivity index (χ1) is 8.57. The van der Waals surface area contributed by atoms with Crippen LogP contribution in [0.4, 0.5) is 19.0 Å². The molecule has 1 heterocycles. The summed E-state index contributed by atoms with van der Waals surface area (Å²) in [6, 6.07) is 2.43. The van der Waals surface area contributed by atoms with Gasteiger partial charge in [-0.1, -0.05) is 27.7 Å². The highest BCUT2D eigenvalue weighted by molar-refractivity contribution is 5.37. The van der Waals surface area contributed by atoms with Gasteiger partial charge in [-0.25, -0.2) is 4.98 Å². The zero-order valence-corrected chi connectivity index (χ0v) is 11.6. The molecule has 2 nitrogen and oxygen atoms in total. The molecule has 1 aliphatic carbocycles. The maximum atomic E-state index is 12.4. The highest BCUT2D eigenvalue weighted by Gasteiger charge is 2.64. The standard InChI is InChI=1S/C14H19F3N2/c1-12(2)10(13(12,3)4)8-19-11-6-5-9(7-18-11)14(15,16)17/h5-7,10H,8H2,1-4H3,(H,18,19). The van der Waals surface area contributed by atoms with E-state index in [-0.39, 0.29) is 10.8 Å². The number of halogens is 3. The Morgan fingerprint density at radius 1 is 1.16 bits per heavy atom. The number of nitrogens with one attached hydrogen (secondary N) is 1. The van der Waals surface area contributed by atoms with E-state index in [1.807, 2.05) is 0 Å². The van der Waals surface area contributed by atoms with Crippen LogP contribution in [-0.2, 0) is 6.18 Å². The van der Waals surface area contributed by atoms with Crippen LogP contribution < -0.4 is 5.32 Å². The normalized spacial score (nSPS) is 21.2. The van der Waals surface area contributed by atoms with Gasteiger partial charge in [0.2, 0.25) is 0 Å². The van der Waals surface area contributed by atoms with E-state index >= 15 is 0 Å². The topological polar surface area (TPSA) is 24.9 Å². The Hall–Kier alpha value is -1.26. The highest BCUT2D eigenvalue weighted by atomic mass is 19.4. The van der Waals surface area contributed by atoms with Crippen LogP contribution in [0.1, 0.15) is 33.3 Å². The predicted molar refractivity (Wildman–Crippen MR) is 68.8 cm³/mol. The summed E-state index contributed by atoms with van der Waals surface area (Å²) in [5.41, 5.74) is -0.206. The number of anilines is 1. The van der Waals surface area contributed by atoms with Crippen LogP contribution in [0.25, 0.3) is 0 Å². The van der Waals surface area contributed by atoms with Crippen molar-refractivity contribution in [2.75, 3.05) is 11.9 Å². The summed E-state index contributed by atoms with van der Waals surface area (Å²) in [5, 5.41) is 3.12. The van der Waals surface area contributed by atoms with Crippen LogP contribution >= 0.6 is 0 Å². The minimum atomic E-state index is -4.33. The van der Waals surface area contributed by atoms with E-state index in [1.165, 1.54) is 6.07 Å². The Balaban J connectivity index is 1.95. The number of hydrogen-bond donors (Lipinski definition) is 1. The first-order valence-electron chi connectivity index (χ1n) is 6.34. The van der Waals surface area contributed by atoms with Crippen LogP contribution in [0.2, 0.25) is 0 Å². The number of rotatable bonds is 3. The Morgan fingerprint density at radius 3 is 2.11 bits per heavy atom. The zero-order chi connectivity index (χ0) is 14.5. The van der Waals surface area contributed by atoms with Crippen molar-refractivity contribution < 1.29 is 13.2 Å². The third-order valence-corrected chi connectivity index (χ3v) is 4.90. The number of nitrogens with zero attached hydrogens (tertiary/aromatic N) is 1. The van der Waals surface area contributed by atoms with E-state index in [2.05, 4.69) is 38.0 Å². The molecule has 0 aromatic carbocycles. The molecule has 1 N–H and O–H groups in total. The van der Waals surface area contributed by atoms with Crippen LogP contribution in [0.3, 0.4) is 0 Å². The van der Waals surface area contributed by atoms with Crippen molar-refractivity contribution in [3.8, 4) is 0 Å². The molecule has 0 amide bonds. The van der Waals surface area contributed by atoms with Crippen LogP contribution in [0.15, 0.2) is 18.3 Å². The lowest BCUT2D eigenvalue weighted by molar-refractivity contribution is -0.137. The first kappa shape index (κ1) is 14.2. The molecule has 0 unspecified atom stereocenters. The largest absolute Gasteiger partial charge is 0.417 e. The van der Waals surface area contributed by atoms with Crippen molar-refractivity contribution >= 4 is 5.82 Å². The van der Waals surface area contributed by atoms with Gasteiger partial charge in [-0.3, -0.25) is 0 Å². The summed E-state index contributed by atoms with van der Waals surface area (Å²) in [6.45, 7) is 9.57. The van der Waals surface area contributed by atoms with E-state index in [4.69, 9.17) is 0 Å². The summed E-state index contributed by atoms with van der Waals surface area (Å²) in [5.74, 6) is 0.996. The lowest BCUT2D eigenvalue weighted by Crippen LogP contribution is -2.10. The highest BCUT2D eigenvalue weighted by Crippen LogP contribution is 2.68. The van der Waals surface area contributed by atoms with Gasteiger partial charge in [0, 0.05) is 12.7 Å². The monoisotopic (exact) mass is 272 g/mol. The molecule has 1 aromatic heterocycles. The molecule has 0 spiro atoms. The van der Waals surface area contributed by atoms with Gasteiger partial charge in [-0.2, -0.15) is 13.2 Å². The fourth-order valence-corrected chi connectivity index (χ4v) is 2.72. The molecule has 1 fully saturated rings. The molecule has 1 saturated carbocycles.